The van der Waals surface area contributed by atoms with Gasteiger partial charge >= 0.3 is 0 Å². The maximum atomic E-state index is 14.0. The summed E-state index contributed by atoms with van der Waals surface area (Å²) in [7, 11) is 4.58. The standard InChI is InChI=1S/C30H36N2O6/c1-35-25-19-22(20-26(36-2)28(25)37-3)27(29(33)31-23-13-8-5-9-14-23)32(30(34)24-15-10-18-38-24)17-16-21-11-6-4-7-12-21/h4,6-7,10-12,15,18-20,23,27H,5,8-9,13-14,16-17H2,1-3H3,(H,31,33)/t27-/m1/s1. The van der Waals surface area contributed by atoms with Crippen molar-refractivity contribution >= 4 is 11.8 Å². The van der Waals surface area contributed by atoms with Gasteiger partial charge in [-0.3, -0.25) is 9.59 Å². The molecule has 38 heavy (non-hydrogen) atoms. The van der Waals surface area contributed by atoms with Crippen molar-refractivity contribution in [2.75, 3.05) is 27.9 Å². The average Bonchev–Trinajstić information content (AvgIpc) is 3.50. The highest BCUT2D eigenvalue weighted by molar-refractivity contribution is 5.96. The molecule has 2 aromatic carbocycles. The van der Waals surface area contributed by atoms with Gasteiger partial charge in [0.1, 0.15) is 6.04 Å². The number of nitrogens with zero attached hydrogens (tertiary/aromatic N) is 1. The smallest absolute Gasteiger partial charge is 0.290 e. The molecule has 1 aromatic heterocycles. The van der Waals surface area contributed by atoms with E-state index in [0.29, 0.717) is 35.8 Å². The van der Waals surface area contributed by atoms with E-state index in [1.807, 2.05) is 30.3 Å². The molecule has 2 amide bonds. The summed E-state index contributed by atoms with van der Waals surface area (Å²) >= 11 is 0. The molecule has 1 saturated carbocycles. The third-order valence-corrected chi connectivity index (χ3v) is 6.99. The monoisotopic (exact) mass is 520 g/mol. The molecule has 3 aromatic rings. The highest BCUT2D eigenvalue weighted by Crippen LogP contribution is 2.41. The predicted molar refractivity (Wildman–Crippen MR) is 144 cm³/mol. The average molecular weight is 521 g/mol. The minimum Gasteiger partial charge on any atom is -0.493 e. The van der Waals surface area contributed by atoms with Crippen molar-refractivity contribution in [3.8, 4) is 17.2 Å². The van der Waals surface area contributed by atoms with Gasteiger partial charge in [0, 0.05) is 12.6 Å². The zero-order valence-electron chi connectivity index (χ0n) is 22.3. The van der Waals surface area contributed by atoms with Gasteiger partial charge in [0.2, 0.25) is 11.7 Å². The maximum Gasteiger partial charge on any atom is 0.290 e. The van der Waals surface area contributed by atoms with Gasteiger partial charge in [0.15, 0.2) is 17.3 Å². The largest absolute Gasteiger partial charge is 0.493 e. The number of carbonyl (C=O) groups excluding carboxylic acids is 2. The first-order valence-corrected chi connectivity index (χ1v) is 13.0. The van der Waals surface area contributed by atoms with Crippen molar-refractivity contribution in [2.24, 2.45) is 0 Å². The van der Waals surface area contributed by atoms with Crippen molar-refractivity contribution < 1.29 is 28.2 Å². The fourth-order valence-electron chi connectivity index (χ4n) is 5.04. The number of hydrogen-bond acceptors (Lipinski definition) is 6. The lowest BCUT2D eigenvalue weighted by atomic mass is 9.94. The first-order valence-electron chi connectivity index (χ1n) is 13.0. The summed E-state index contributed by atoms with van der Waals surface area (Å²) in [5, 5.41) is 3.22. The quantitative estimate of drug-likeness (QED) is 0.375. The number of benzene rings is 2. The lowest BCUT2D eigenvalue weighted by Gasteiger charge is -2.33. The van der Waals surface area contributed by atoms with E-state index in [9.17, 15) is 9.59 Å². The van der Waals surface area contributed by atoms with Crippen molar-refractivity contribution in [1.82, 2.24) is 10.2 Å². The van der Waals surface area contributed by atoms with Gasteiger partial charge in [-0.25, -0.2) is 0 Å². The SMILES string of the molecule is COc1cc([C@H](C(=O)NC2CCCCC2)N(CCc2ccccc2)C(=O)c2ccco2)cc(OC)c1OC. The third kappa shape index (κ3) is 6.30. The Morgan fingerprint density at radius 2 is 1.63 bits per heavy atom. The summed E-state index contributed by atoms with van der Waals surface area (Å²) in [4.78, 5) is 29.5. The molecule has 1 aliphatic rings. The van der Waals surface area contributed by atoms with Crippen LogP contribution in [0.1, 0.15) is 59.8 Å². The van der Waals surface area contributed by atoms with Crippen molar-refractivity contribution in [2.45, 2.75) is 50.6 Å². The van der Waals surface area contributed by atoms with Crippen LogP contribution in [0.4, 0.5) is 0 Å². The van der Waals surface area contributed by atoms with Gasteiger partial charge in [0.05, 0.1) is 27.6 Å². The summed E-state index contributed by atoms with van der Waals surface area (Å²) in [6.07, 6.45) is 7.17. The van der Waals surface area contributed by atoms with Crippen molar-refractivity contribution in [1.29, 1.82) is 0 Å². The van der Waals surface area contributed by atoms with E-state index >= 15 is 0 Å². The first kappa shape index (κ1) is 27.1. The number of carbonyl (C=O) groups is 2. The second-order valence-electron chi connectivity index (χ2n) is 9.42. The van der Waals surface area contributed by atoms with Crippen LogP contribution in [-0.2, 0) is 11.2 Å². The van der Waals surface area contributed by atoms with Crippen molar-refractivity contribution in [3.05, 3.63) is 77.7 Å². The summed E-state index contributed by atoms with van der Waals surface area (Å²) in [6, 6.07) is 15.7. The molecule has 8 heteroatoms. The van der Waals surface area contributed by atoms with E-state index in [1.165, 1.54) is 34.0 Å². The molecular formula is C30H36N2O6. The minimum absolute atomic E-state index is 0.0653. The predicted octanol–water partition coefficient (Wildman–Crippen LogP) is 5.18. The molecule has 0 unspecified atom stereocenters. The summed E-state index contributed by atoms with van der Waals surface area (Å²) in [6.45, 7) is 0.295. The van der Waals surface area contributed by atoms with Crippen LogP contribution in [0.5, 0.6) is 17.2 Å². The Hall–Kier alpha value is -3.94. The van der Waals surface area contributed by atoms with E-state index in [0.717, 1.165) is 31.2 Å². The van der Waals surface area contributed by atoms with E-state index in [4.69, 9.17) is 18.6 Å². The van der Waals surface area contributed by atoms with Crippen LogP contribution in [0.2, 0.25) is 0 Å². The molecule has 0 aliphatic heterocycles. The zero-order valence-corrected chi connectivity index (χ0v) is 22.3. The Balaban J connectivity index is 1.78. The number of nitrogens with one attached hydrogen (secondary N) is 1. The van der Waals surface area contributed by atoms with Crippen LogP contribution in [0.15, 0.2) is 65.3 Å². The molecule has 8 nitrogen and oxygen atoms in total. The molecule has 1 fully saturated rings. The van der Waals surface area contributed by atoms with Gasteiger partial charge in [0.25, 0.3) is 5.91 Å². The number of methoxy groups -OCH3 is 3. The van der Waals surface area contributed by atoms with E-state index < -0.39 is 6.04 Å². The van der Waals surface area contributed by atoms with E-state index in [-0.39, 0.29) is 23.6 Å². The molecule has 1 atom stereocenters. The van der Waals surface area contributed by atoms with E-state index in [1.54, 1.807) is 29.2 Å². The molecule has 1 N–H and O–H groups in total. The van der Waals surface area contributed by atoms with Crippen LogP contribution in [-0.4, -0.2) is 50.6 Å². The topological polar surface area (TPSA) is 90.2 Å². The first-order chi connectivity index (χ1) is 18.5. The number of hydrogen-bond donors (Lipinski definition) is 1. The summed E-state index contributed by atoms with van der Waals surface area (Å²) < 4.78 is 22.1. The van der Waals surface area contributed by atoms with Gasteiger partial charge in [-0.05, 0) is 54.7 Å². The van der Waals surface area contributed by atoms with E-state index in [2.05, 4.69) is 5.32 Å². The zero-order chi connectivity index (χ0) is 26.9. The van der Waals surface area contributed by atoms with Crippen LogP contribution in [0.25, 0.3) is 0 Å². The molecule has 1 heterocycles. The molecule has 1 aliphatic carbocycles. The van der Waals surface area contributed by atoms with Crippen LogP contribution in [0.3, 0.4) is 0 Å². The number of furan rings is 1. The Morgan fingerprint density at radius 3 is 2.21 bits per heavy atom. The second-order valence-corrected chi connectivity index (χ2v) is 9.42. The number of rotatable bonds is 11. The Bertz CT molecular complexity index is 1160. The third-order valence-electron chi connectivity index (χ3n) is 6.99. The lowest BCUT2D eigenvalue weighted by molar-refractivity contribution is -0.126. The van der Waals surface area contributed by atoms with Gasteiger partial charge < -0.3 is 28.8 Å². The summed E-state index contributed by atoms with van der Waals surface area (Å²) in [5.74, 6) is 0.776. The Morgan fingerprint density at radius 1 is 0.947 bits per heavy atom. The molecule has 4 rings (SSSR count). The van der Waals surface area contributed by atoms with Crippen molar-refractivity contribution in [3.63, 3.8) is 0 Å². The normalized spacial score (nSPS) is 14.4. The molecule has 0 bridgehead atoms. The van der Waals surface area contributed by atoms with Gasteiger partial charge in [-0.2, -0.15) is 0 Å². The van der Waals surface area contributed by atoms with Crippen LogP contribution < -0.4 is 19.5 Å². The highest BCUT2D eigenvalue weighted by atomic mass is 16.5. The molecule has 0 spiro atoms. The summed E-state index contributed by atoms with van der Waals surface area (Å²) in [5.41, 5.74) is 1.61. The minimum atomic E-state index is -0.952. The van der Waals surface area contributed by atoms with Gasteiger partial charge in [-0.15, -0.1) is 0 Å². The lowest BCUT2D eigenvalue weighted by Crippen LogP contribution is -2.47. The Labute approximate surface area is 223 Å². The second kappa shape index (κ2) is 13.0. The van der Waals surface area contributed by atoms with Crippen LogP contribution in [0, 0.1) is 0 Å². The fraction of sp³-hybridized carbons (Fsp3) is 0.400. The maximum absolute atomic E-state index is 14.0. The number of ether oxygens (including phenoxy) is 3. The molecular weight excluding hydrogens is 484 g/mol. The van der Waals surface area contributed by atoms with Gasteiger partial charge in [-0.1, -0.05) is 49.6 Å². The highest BCUT2D eigenvalue weighted by Gasteiger charge is 2.35. The number of amides is 2. The Kier molecular flexibility index (Phi) is 9.30. The molecule has 0 saturated heterocycles. The van der Waals surface area contributed by atoms with Crippen LogP contribution >= 0.6 is 0 Å². The molecule has 0 radical (unpaired) electrons. The molecule has 202 valence electrons. The fourth-order valence-corrected chi connectivity index (χ4v) is 5.04.